The fourth-order valence-corrected chi connectivity index (χ4v) is 8.97. The molecule has 2 aromatic carbocycles. The minimum absolute atomic E-state index is 0.0655. The van der Waals surface area contributed by atoms with E-state index in [-0.39, 0.29) is 33.3 Å². The Bertz CT molecular complexity index is 1600. The van der Waals surface area contributed by atoms with E-state index in [0.29, 0.717) is 24.3 Å². The molecule has 2 fully saturated rings. The van der Waals surface area contributed by atoms with Crippen LogP contribution in [0.3, 0.4) is 0 Å². The number of aromatic hydroxyl groups is 1. The van der Waals surface area contributed by atoms with Gasteiger partial charge in [-0.05, 0) is 65.1 Å². The van der Waals surface area contributed by atoms with Gasteiger partial charge < -0.3 is 15.4 Å². The van der Waals surface area contributed by atoms with Gasteiger partial charge in [-0.2, -0.15) is 0 Å². The second-order valence-corrected chi connectivity index (χ2v) is 12.5. The molecule has 2 bridgehead atoms. The Morgan fingerprint density at radius 2 is 1.92 bits per heavy atom. The second kappa shape index (κ2) is 7.26. The smallest absolute Gasteiger partial charge is 0.261 e. The highest BCUT2D eigenvalue weighted by Gasteiger charge is 2.79. The third-order valence-electron chi connectivity index (χ3n) is 10.4. The zero-order valence-corrected chi connectivity index (χ0v) is 21.5. The summed E-state index contributed by atoms with van der Waals surface area (Å²) in [4.78, 5) is 32.1. The molecule has 3 N–H and O–H groups in total. The first-order valence-corrected chi connectivity index (χ1v) is 13.7. The lowest BCUT2D eigenvalue weighted by molar-refractivity contribution is -0.0672. The van der Waals surface area contributed by atoms with Crippen molar-refractivity contribution in [2.24, 2.45) is 11.3 Å². The Morgan fingerprint density at radius 3 is 2.71 bits per heavy atom. The van der Waals surface area contributed by atoms with Gasteiger partial charge in [-0.1, -0.05) is 55.5 Å². The quantitative estimate of drug-likeness (QED) is 0.463. The number of likely N-dealkylation sites (tertiary alicyclic amines) is 1. The standard InChI is InChI=1S/C32H31N3O3/c1-30-13-21-11-23(27(37)33-15-19-5-3-2-4-6-19)28(38)34-26(21)14-32(30)17-31(24-10-9-22(36)12-25(24)32)18-35(29(30)31)16-20-7-8-20/h2-12,20,29,36H,13-18H2,1H3,(H,33,37)(H,34,38)/t29?,30?,31?,32-/m0/s1. The highest BCUT2D eigenvalue weighted by atomic mass is 16.3. The third kappa shape index (κ3) is 2.76. The van der Waals surface area contributed by atoms with Crippen LogP contribution in [0.2, 0.25) is 0 Å². The molecule has 0 radical (unpaired) electrons. The van der Waals surface area contributed by atoms with Gasteiger partial charge in [0, 0.05) is 48.1 Å². The molecule has 2 spiro atoms. The van der Waals surface area contributed by atoms with Crippen molar-refractivity contribution in [2.45, 2.75) is 49.6 Å². The van der Waals surface area contributed by atoms with Crippen molar-refractivity contribution in [1.29, 1.82) is 0 Å². The maximum atomic E-state index is 13.2. The number of amides is 1. The average molecular weight is 506 g/mol. The number of H-pyrrole nitrogens is 1. The fraction of sp³-hybridized carbons (Fsp3) is 0.375. The normalized spacial score (nSPS) is 31.7. The van der Waals surface area contributed by atoms with Crippen molar-refractivity contribution in [3.63, 3.8) is 0 Å². The Kier molecular flexibility index (Phi) is 4.27. The van der Waals surface area contributed by atoms with Crippen molar-refractivity contribution in [2.75, 3.05) is 13.1 Å². The van der Waals surface area contributed by atoms with Gasteiger partial charge in [0.05, 0.1) is 0 Å². The molecule has 1 aliphatic heterocycles. The number of phenolic OH excluding ortho intramolecular Hbond substituents is 1. The van der Waals surface area contributed by atoms with E-state index in [9.17, 15) is 14.7 Å². The van der Waals surface area contributed by atoms with Crippen LogP contribution in [0.4, 0.5) is 0 Å². The molecular weight excluding hydrogens is 474 g/mol. The van der Waals surface area contributed by atoms with Crippen molar-refractivity contribution in [3.05, 3.63) is 111 Å². The molecule has 5 aliphatic rings. The van der Waals surface area contributed by atoms with Crippen molar-refractivity contribution in [3.8, 4) is 5.75 Å². The Balaban J connectivity index is 1.18. The average Bonchev–Trinajstić information content (AvgIpc) is 3.63. The zero-order valence-electron chi connectivity index (χ0n) is 21.5. The number of pyridine rings is 1. The van der Waals surface area contributed by atoms with Gasteiger partial charge in [-0.3, -0.25) is 14.5 Å². The van der Waals surface area contributed by atoms with Crippen LogP contribution >= 0.6 is 0 Å². The number of benzene rings is 2. The number of nitrogens with one attached hydrogen (secondary N) is 2. The molecular formula is C32H31N3O3. The molecule has 4 aliphatic carbocycles. The summed E-state index contributed by atoms with van der Waals surface area (Å²) in [5.41, 5.74) is 5.38. The number of hydrogen-bond acceptors (Lipinski definition) is 4. The van der Waals surface area contributed by atoms with Gasteiger partial charge in [-0.25, -0.2) is 0 Å². The summed E-state index contributed by atoms with van der Waals surface area (Å²) >= 11 is 0. The van der Waals surface area contributed by atoms with E-state index < -0.39 is 0 Å². The predicted octanol–water partition coefficient (Wildman–Crippen LogP) is 3.58. The van der Waals surface area contributed by atoms with Gasteiger partial charge in [0.1, 0.15) is 11.3 Å². The summed E-state index contributed by atoms with van der Waals surface area (Å²) in [6.07, 6.45) is 7.14. The summed E-state index contributed by atoms with van der Waals surface area (Å²) in [5.74, 6) is 0.551. The molecule has 1 saturated carbocycles. The molecule has 38 heavy (non-hydrogen) atoms. The topological polar surface area (TPSA) is 85.4 Å². The zero-order chi connectivity index (χ0) is 25.9. The number of carbonyl (C=O) groups is 1. The van der Waals surface area contributed by atoms with Crippen LogP contribution < -0.4 is 10.9 Å². The minimum atomic E-state index is -0.340. The molecule has 3 aromatic rings. The lowest BCUT2D eigenvalue weighted by Gasteiger charge is -2.63. The number of hydrogen-bond donors (Lipinski definition) is 3. The summed E-state index contributed by atoms with van der Waals surface area (Å²) in [6, 6.07) is 18.0. The highest BCUT2D eigenvalue weighted by molar-refractivity contribution is 5.94. The van der Waals surface area contributed by atoms with Crippen LogP contribution in [0.25, 0.3) is 0 Å². The summed E-state index contributed by atoms with van der Waals surface area (Å²) < 4.78 is 0. The lowest BCUT2D eigenvalue weighted by atomic mass is 9.50. The van der Waals surface area contributed by atoms with Crippen LogP contribution in [-0.4, -0.2) is 40.0 Å². The molecule has 6 heteroatoms. The van der Waals surface area contributed by atoms with Crippen molar-refractivity contribution < 1.29 is 9.90 Å². The molecule has 6 nitrogen and oxygen atoms in total. The first kappa shape index (κ1) is 22.4. The Morgan fingerprint density at radius 1 is 1.11 bits per heavy atom. The van der Waals surface area contributed by atoms with E-state index in [4.69, 9.17) is 0 Å². The van der Waals surface area contributed by atoms with E-state index in [0.717, 1.165) is 49.2 Å². The van der Waals surface area contributed by atoms with Crippen molar-refractivity contribution >= 4 is 5.91 Å². The van der Waals surface area contributed by atoms with Gasteiger partial charge in [0.2, 0.25) is 0 Å². The van der Waals surface area contributed by atoms with Gasteiger partial charge in [-0.15, -0.1) is 0 Å². The number of aromatic nitrogens is 1. The minimum Gasteiger partial charge on any atom is -0.508 e. The van der Waals surface area contributed by atoms with Crippen LogP contribution in [0, 0.1) is 11.3 Å². The lowest BCUT2D eigenvalue weighted by Crippen LogP contribution is -2.72. The maximum absolute atomic E-state index is 13.2. The molecule has 2 heterocycles. The summed E-state index contributed by atoms with van der Waals surface area (Å²) in [5, 5.41) is 13.4. The number of fused-ring (bicyclic) bond motifs is 3. The van der Waals surface area contributed by atoms with Gasteiger partial charge in [0.15, 0.2) is 0 Å². The van der Waals surface area contributed by atoms with Gasteiger partial charge in [0.25, 0.3) is 11.5 Å². The largest absolute Gasteiger partial charge is 0.508 e. The fourth-order valence-electron chi connectivity index (χ4n) is 8.97. The molecule has 1 amide bonds. The van der Waals surface area contributed by atoms with E-state index in [1.165, 1.54) is 11.1 Å². The number of aromatic amines is 1. The Hall–Kier alpha value is -3.64. The first-order valence-electron chi connectivity index (χ1n) is 13.7. The first-order chi connectivity index (χ1) is 18.3. The van der Waals surface area contributed by atoms with E-state index in [2.05, 4.69) is 40.3 Å². The second-order valence-electron chi connectivity index (χ2n) is 12.5. The molecule has 1 aromatic heterocycles. The molecule has 192 valence electrons. The highest BCUT2D eigenvalue weighted by Crippen LogP contribution is 2.76. The van der Waals surface area contributed by atoms with E-state index in [1.54, 1.807) is 0 Å². The monoisotopic (exact) mass is 505 g/mol. The number of rotatable bonds is 5. The predicted molar refractivity (Wildman–Crippen MR) is 144 cm³/mol. The number of carbonyl (C=O) groups excluding carboxylic acids is 1. The third-order valence-corrected chi connectivity index (χ3v) is 10.4. The molecule has 4 atom stereocenters. The SMILES string of the molecule is CC12Cc3cc(C(=O)NCc4ccccc4)c(=O)[nH]c3C[C@@]13CC1(CN(CC4C=C4)C12)c1ccc(O)cc13. The van der Waals surface area contributed by atoms with Gasteiger partial charge >= 0.3 is 0 Å². The maximum Gasteiger partial charge on any atom is 0.261 e. The van der Waals surface area contributed by atoms with Crippen LogP contribution in [0.15, 0.2) is 71.5 Å². The summed E-state index contributed by atoms with van der Waals surface area (Å²) in [7, 11) is 0. The van der Waals surface area contributed by atoms with Crippen LogP contribution in [0.5, 0.6) is 5.75 Å². The van der Waals surface area contributed by atoms with Crippen LogP contribution in [-0.2, 0) is 30.2 Å². The Labute approximate surface area is 221 Å². The van der Waals surface area contributed by atoms with E-state index in [1.807, 2.05) is 48.5 Å². The van der Waals surface area contributed by atoms with E-state index >= 15 is 0 Å². The number of phenols is 1. The molecule has 3 unspecified atom stereocenters. The molecule has 8 rings (SSSR count). The summed E-state index contributed by atoms with van der Waals surface area (Å²) in [6.45, 7) is 4.91. The van der Waals surface area contributed by atoms with Crippen LogP contribution in [0.1, 0.15) is 51.7 Å². The number of nitrogens with zero attached hydrogens (tertiary/aromatic N) is 1. The molecule has 1 saturated heterocycles. The van der Waals surface area contributed by atoms with Crippen molar-refractivity contribution in [1.82, 2.24) is 15.2 Å².